The largest absolute Gasteiger partial charge is 0.481 e. The van der Waals surface area contributed by atoms with E-state index in [4.69, 9.17) is 4.74 Å². The van der Waals surface area contributed by atoms with Gasteiger partial charge >= 0.3 is 5.97 Å². The lowest BCUT2D eigenvalue weighted by Crippen LogP contribution is -2.22. The van der Waals surface area contributed by atoms with Crippen molar-refractivity contribution in [3.8, 4) is 22.6 Å². The van der Waals surface area contributed by atoms with Gasteiger partial charge in [0.25, 0.3) is 0 Å². The van der Waals surface area contributed by atoms with Crippen LogP contribution in [-0.2, 0) is 17.6 Å². The maximum atomic E-state index is 14.3. The molecule has 3 nitrogen and oxygen atoms in total. The average molecular weight is 398 g/mol. The standard InChI is InChI=1S/C23H17F3O3/c24-19-10-9-18(21(25)22(19)26)17-3-1-2-4-20(17)29-16-8-7-13-5-6-14(23(27)28)11-15(13)12-16/h1-4,7-10,12,14H,5-6,11H2,(H,27,28). The molecule has 148 valence electrons. The third kappa shape index (κ3) is 3.70. The molecule has 4 rings (SSSR count). The predicted octanol–water partition coefficient (Wildman–Crippen LogP) is 5.75. The average Bonchev–Trinajstić information content (AvgIpc) is 2.72. The summed E-state index contributed by atoms with van der Waals surface area (Å²) < 4.78 is 47.2. The van der Waals surface area contributed by atoms with Gasteiger partial charge in [-0.2, -0.15) is 0 Å². The lowest BCUT2D eigenvalue weighted by molar-refractivity contribution is -0.142. The predicted molar refractivity (Wildman–Crippen MR) is 101 cm³/mol. The number of ether oxygens (including phenoxy) is 1. The van der Waals surface area contributed by atoms with Crippen molar-refractivity contribution in [2.45, 2.75) is 19.3 Å². The second kappa shape index (κ2) is 7.62. The maximum Gasteiger partial charge on any atom is 0.306 e. The van der Waals surface area contributed by atoms with E-state index in [1.165, 1.54) is 6.07 Å². The number of hydrogen-bond donors (Lipinski definition) is 1. The van der Waals surface area contributed by atoms with Crippen molar-refractivity contribution in [1.29, 1.82) is 0 Å². The molecule has 1 N–H and O–H groups in total. The van der Waals surface area contributed by atoms with Crippen LogP contribution in [0.2, 0.25) is 0 Å². The Morgan fingerprint density at radius 3 is 2.52 bits per heavy atom. The van der Waals surface area contributed by atoms with Gasteiger partial charge in [0.2, 0.25) is 0 Å². The molecular weight excluding hydrogens is 381 g/mol. The highest BCUT2D eigenvalue weighted by Gasteiger charge is 2.25. The van der Waals surface area contributed by atoms with Gasteiger partial charge in [-0.1, -0.05) is 24.3 Å². The van der Waals surface area contributed by atoms with Gasteiger partial charge in [-0.05, 0) is 60.7 Å². The third-order valence-electron chi connectivity index (χ3n) is 5.20. The van der Waals surface area contributed by atoms with E-state index in [9.17, 15) is 23.1 Å². The molecule has 0 amide bonds. The molecule has 1 aliphatic rings. The van der Waals surface area contributed by atoms with E-state index in [0.29, 0.717) is 25.0 Å². The third-order valence-corrected chi connectivity index (χ3v) is 5.20. The van der Waals surface area contributed by atoms with E-state index in [1.54, 1.807) is 36.4 Å². The number of aryl methyl sites for hydroxylation is 1. The van der Waals surface area contributed by atoms with Crippen molar-refractivity contribution in [1.82, 2.24) is 0 Å². The number of hydrogen-bond acceptors (Lipinski definition) is 2. The van der Waals surface area contributed by atoms with Crippen LogP contribution >= 0.6 is 0 Å². The van der Waals surface area contributed by atoms with Crippen LogP contribution in [-0.4, -0.2) is 11.1 Å². The molecule has 0 spiro atoms. The molecule has 0 saturated heterocycles. The highest BCUT2D eigenvalue weighted by molar-refractivity contribution is 5.72. The fraction of sp³-hybridized carbons (Fsp3) is 0.174. The lowest BCUT2D eigenvalue weighted by Gasteiger charge is -2.22. The van der Waals surface area contributed by atoms with Crippen molar-refractivity contribution in [2.24, 2.45) is 5.92 Å². The van der Waals surface area contributed by atoms with Crippen molar-refractivity contribution in [2.75, 3.05) is 0 Å². The van der Waals surface area contributed by atoms with Crippen LogP contribution < -0.4 is 4.74 Å². The van der Waals surface area contributed by atoms with Crippen LogP contribution in [0.4, 0.5) is 13.2 Å². The topological polar surface area (TPSA) is 46.5 Å². The Balaban J connectivity index is 1.68. The smallest absolute Gasteiger partial charge is 0.306 e. The number of carboxylic acids is 1. The first kappa shape index (κ1) is 19.1. The van der Waals surface area contributed by atoms with Gasteiger partial charge in [0, 0.05) is 11.1 Å². The van der Waals surface area contributed by atoms with Gasteiger partial charge in [0.1, 0.15) is 11.5 Å². The zero-order chi connectivity index (χ0) is 20.5. The lowest BCUT2D eigenvalue weighted by atomic mass is 9.84. The number of halogens is 3. The van der Waals surface area contributed by atoms with Crippen LogP contribution in [0.1, 0.15) is 17.5 Å². The molecule has 0 aliphatic heterocycles. The fourth-order valence-electron chi connectivity index (χ4n) is 3.65. The minimum absolute atomic E-state index is 0.108. The first-order chi connectivity index (χ1) is 13.9. The first-order valence-electron chi connectivity index (χ1n) is 9.19. The second-order valence-electron chi connectivity index (χ2n) is 7.03. The summed E-state index contributed by atoms with van der Waals surface area (Å²) in [6.07, 6.45) is 1.70. The summed E-state index contributed by atoms with van der Waals surface area (Å²) in [5, 5.41) is 9.27. The number of aliphatic carboxylic acids is 1. The molecule has 6 heteroatoms. The molecule has 3 aromatic carbocycles. The SMILES string of the molecule is O=C(O)C1CCc2ccc(Oc3ccccc3-c3ccc(F)c(F)c3F)cc2C1. The van der Waals surface area contributed by atoms with E-state index < -0.39 is 29.3 Å². The quantitative estimate of drug-likeness (QED) is 0.569. The van der Waals surface area contributed by atoms with Crippen molar-refractivity contribution < 1.29 is 27.8 Å². The van der Waals surface area contributed by atoms with Gasteiger partial charge in [-0.25, -0.2) is 13.2 Å². The molecule has 0 aromatic heterocycles. The Morgan fingerprint density at radius 1 is 0.931 bits per heavy atom. The summed E-state index contributed by atoms with van der Waals surface area (Å²) in [4.78, 5) is 11.3. The zero-order valence-corrected chi connectivity index (χ0v) is 15.3. The van der Waals surface area contributed by atoms with Crippen LogP contribution in [0.5, 0.6) is 11.5 Å². The maximum absolute atomic E-state index is 14.3. The normalized spacial score (nSPS) is 15.6. The summed E-state index contributed by atoms with van der Waals surface area (Å²) >= 11 is 0. The first-order valence-corrected chi connectivity index (χ1v) is 9.19. The summed E-state index contributed by atoms with van der Waals surface area (Å²) in [7, 11) is 0. The number of carboxylic acid groups (broad SMARTS) is 1. The summed E-state index contributed by atoms with van der Waals surface area (Å²) in [5.41, 5.74) is 2.15. The molecule has 0 radical (unpaired) electrons. The van der Waals surface area contributed by atoms with E-state index in [2.05, 4.69) is 0 Å². The van der Waals surface area contributed by atoms with Gasteiger partial charge in [-0.3, -0.25) is 4.79 Å². The molecular formula is C23H17F3O3. The number of fused-ring (bicyclic) bond motifs is 1. The molecule has 0 bridgehead atoms. The van der Waals surface area contributed by atoms with Gasteiger partial charge in [0.05, 0.1) is 5.92 Å². The van der Waals surface area contributed by atoms with E-state index in [-0.39, 0.29) is 16.9 Å². The van der Waals surface area contributed by atoms with E-state index >= 15 is 0 Å². The van der Waals surface area contributed by atoms with E-state index in [0.717, 1.165) is 17.2 Å². The minimum Gasteiger partial charge on any atom is -0.481 e. The molecule has 1 unspecified atom stereocenters. The fourth-order valence-corrected chi connectivity index (χ4v) is 3.65. The molecule has 1 aliphatic carbocycles. The Hall–Kier alpha value is -3.28. The van der Waals surface area contributed by atoms with Gasteiger partial charge in [0.15, 0.2) is 17.5 Å². The highest BCUT2D eigenvalue weighted by Crippen LogP contribution is 2.37. The van der Waals surface area contributed by atoms with Crippen LogP contribution in [0.15, 0.2) is 54.6 Å². The van der Waals surface area contributed by atoms with Gasteiger partial charge in [-0.15, -0.1) is 0 Å². The molecule has 0 heterocycles. The van der Waals surface area contributed by atoms with Crippen LogP contribution in [0.25, 0.3) is 11.1 Å². The molecule has 0 fully saturated rings. The van der Waals surface area contributed by atoms with Crippen molar-refractivity contribution in [3.63, 3.8) is 0 Å². The Labute approximate surface area is 165 Å². The van der Waals surface area contributed by atoms with Crippen LogP contribution in [0.3, 0.4) is 0 Å². The second-order valence-corrected chi connectivity index (χ2v) is 7.03. The molecule has 1 atom stereocenters. The Kier molecular flexibility index (Phi) is 5.01. The number of para-hydroxylation sites is 1. The number of rotatable bonds is 4. The number of carbonyl (C=O) groups is 1. The monoisotopic (exact) mass is 398 g/mol. The molecule has 29 heavy (non-hydrogen) atoms. The number of benzene rings is 3. The zero-order valence-electron chi connectivity index (χ0n) is 15.3. The summed E-state index contributed by atoms with van der Waals surface area (Å²) in [6, 6.07) is 14.0. The van der Waals surface area contributed by atoms with Crippen LogP contribution in [0, 0.1) is 23.4 Å². The Morgan fingerprint density at radius 2 is 1.72 bits per heavy atom. The Bertz CT molecular complexity index is 1090. The summed E-state index contributed by atoms with van der Waals surface area (Å²) in [5.74, 6) is -4.58. The molecule has 3 aromatic rings. The van der Waals surface area contributed by atoms with Gasteiger partial charge < -0.3 is 9.84 Å². The summed E-state index contributed by atoms with van der Waals surface area (Å²) in [6.45, 7) is 0. The van der Waals surface area contributed by atoms with E-state index in [1.807, 2.05) is 6.07 Å². The minimum atomic E-state index is -1.54. The van der Waals surface area contributed by atoms with Crippen molar-refractivity contribution >= 4 is 5.97 Å². The van der Waals surface area contributed by atoms with Crippen molar-refractivity contribution in [3.05, 3.63) is 83.2 Å². The molecule has 0 saturated carbocycles. The highest BCUT2D eigenvalue weighted by atomic mass is 19.2.